The minimum atomic E-state index is -0.457. The van der Waals surface area contributed by atoms with Gasteiger partial charge in [-0.2, -0.15) is 0 Å². The summed E-state index contributed by atoms with van der Waals surface area (Å²) in [6.07, 6.45) is 3.11. The van der Waals surface area contributed by atoms with Crippen molar-refractivity contribution in [3.8, 4) is 0 Å². The molecule has 2 heterocycles. The molecular formula is C15H14N4O3. The first-order valence-corrected chi connectivity index (χ1v) is 6.77. The molecule has 22 heavy (non-hydrogen) atoms. The van der Waals surface area contributed by atoms with Crippen LogP contribution in [0.15, 0.2) is 36.8 Å². The average Bonchev–Trinajstić information content (AvgIpc) is 3.15. The Bertz CT molecular complexity index is 834. The number of ether oxygens (including phenoxy) is 1. The second kappa shape index (κ2) is 5.72. The second-order valence-corrected chi connectivity index (χ2v) is 4.61. The molecule has 0 spiro atoms. The highest BCUT2D eigenvalue weighted by atomic mass is 16.5. The van der Waals surface area contributed by atoms with Gasteiger partial charge in [0.1, 0.15) is 5.69 Å². The third-order valence-corrected chi connectivity index (χ3v) is 3.12. The Balaban J connectivity index is 1.74. The lowest BCUT2D eigenvalue weighted by Gasteiger charge is -2.02. The smallest absolute Gasteiger partial charge is 0.354 e. The van der Waals surface area contributed by atoms with Crippen LogP contribution in [0.4, 0.5) is 5.69 Å². The van der Waals surface area contributed by atoms with Crippen LogP contribution in [0.5, 0.6) is 0 Å². The maximum absolute atomic E-state index is 12.2. The minimum absolute atomic E-state index is 0.272. The molecule has 3 rings (SSSR count). The monoisotopic (exact) mass is 298 g/mol. The fraction of sp³-hybridized carbons (Fsp3) is 0.133. The second-order valence-electron chi connectivity index (χ2n) is 4.61. The molecule has 0 aliphatic rings. The molecule has 7 nitrogen and oxygen atoms in total. The summed E-state index contributed by atoms with van der Waals surface area (Å²) in [5.74, 6) is -0.729. The summed E-state index contributed by atoms with van der Waals surface area (Å²) in [5.41, 5.74) is 2.87. The number of carbonyl (C=O) groups excluding carboxylic acids is 2. The summed E-state index contributed by atoms with van der Waals surface area (Å²) in [4.78, 5) is 33.6. The van der Waals surface area contributed by atoms with Crippen LogP contribution < -0.4 is 5.32 Å². The van der Waals surface area contributed by atoms with E-state index in [-0.39, 0.29) is 5.91 Å². The van der Waals surface area contributed by atoms with Crippen LogP contribution in [0.25, 0.3) is 11.0 Å². The van der Waals surface area contributed by atoms with E-state index < -0.39 is 5.97 Å². The fourth-order valence-electron chi connectivity index (χ4n) is 2.07. The van der Waals surface area contributed by atoms with Gasteiger partial charge in [-0.05, 0) is 31.2 Å². The van der Waals surface area contributed by atoms with Gasteiger partial charge in [0.05, 0.1) is 29.7 Å². The summed E-state index contributed by atoms with van der Waals surface area (Å²) < 4.78 is 4.88. The molecule has 0 aliphatic carbocycles. The predicted octanol–water partition coefficient (Wildman–Crippen LogP) is 2.32. The van der Waals surface area contributed by atoms with Gasteiger partial charge in [0.25, 0.3) is 5.91 Å². The molecule has 0 saturated heterocycles. The predicted molar refractivity (Wildman–Crippen MR) is 80.8 cm³/mol. The van der Waals surface area contributed by atoms with E-state index in [2.05, 4.69) is 20.3 Å². The third kappa shape index (κ3) is 2.69. The van der Waals surface area contributed by atoms with Crippen molar-refractivity contribution in [2.45, 2.75) is 6.92 Å². The van der Waals surface area contributed by atoms with Crippen molar-refractivity contribution >= 4 is 28.6 Å². The molecule has 7 heteroatoms. The van der Waals surface area contributed by atoms with E-state index in [1.165, 1.54) is 6.07 Å². The van der Waals surface area contributed by atoms with E-state index in [4.69, 9.17) is 4.74 Å². The van der Waals surface area contributed by atoms with Crippen LogP contribution >= 0.6 is 0 Å². The number of nitrogens with one attached hydrogen (secondary N) is 3. The van der Waals surface area contributed by atoms with Gasteiger partial charge < -0.3 is 20.0 Å². The first-order valence-electron chi connectivity index (χ1n) is 6.77. The molecule has 0 saturated carbocycles. The van der Waals surface area contributed by atoms with Gasteiger partial charge >= 0.3 is 5.97 Å². The van der Waals surface area contributed by atoms with Gasteiger partial charge in [-0.3, -0.25) is 4.79 Å². The Kier molecular flexibility index (Phi) is 3.61. The number of benzene rings is 1. The number of nitrogens with zero attached hydrogens (tertiary/aromatic N) is 1. The molecule has 0 unspecified atom stereocenters. The zero-order chi connectivity index (χ0) is 15.5. The van der Waals surface area contributed by atoms with Crippen molar-refractivity contribution < 1.29 is 14.3 Å². The van der Waals surface area contributed by atoms with Crippen molar-refractivity contribution in [2.24, 2.45) is 0 Å². The molecule has 2 aromatic heterocycles. The molecule has 0 fully saturated rings. The highest BCUT2D eigenvalue weighted by Gasteiger charge is 2.12. The Morgan fingerprint density at radius 2 is 2.14 bits per heavy atom. The summed E-state index contributed by atoms with van der Waals surface area (Å²) in [7, 11) is 0. The number of aromatic amines is 2. The Morgan fingerprint density at radius 1 is 1.27 bits per heavy atom. The third-order valence-electron chi connectivity index (χ3n) is 3.12. The van der Waals surface area contributed by atoms with Crippen molar-refractivity contribution in [1.82, 2.24) is 15.0 Å². The van der Waals surface area contributed by atoms with Crippen LogP contribution in [-0.2, 0) is 4.74 Å². The van der Waals surface area contributed by atoms with Crippen LogP contribution in [-0.4, -0.2) is 33.4 Å². The molecule has 0 aliphatic heterocycles. The molecule has 0 radical (unpaired) electrons. The summed E-state index contributed by atoms with van der Waals surface area (Å²) in [5, 5.41) is 2.72. The van der Waals surface area contributed by atoms with Crippen LogP contribution in [0.3, 0.4) is 0 Å². The van der Waals surface area contributed by atoms with Gasteiger partial charge in [0.2, 0.25) is 0 Å². The molecule has 112 valence electrons. The van der Waals surface area contributed by atoms with E-state index >= 15 is 0 Å². The summed E-state index contributed by atoms with van der Waals surface area (Å²) in [6, 6.07) is 6.71. The Labute approximate surface area is 125 Å². The van der Waals surface area contributed by atoms with Crippen LogP contribution in [0.2, 0.25) is 0 Å². The quantitative estimate of drug-likeness (QED) is 0.643. The lowest BCUT2D eigenvalue weighted by Crippen LogP contribution is -2.11. The van der Waals surface area contributed by atoms with E-state index in [0.29, 0.717) is 23.6 Å². The molecule has 3 N–H and O–H groups in total. The van der Waals surface area contributed by atoms with Gasteiger partial charge in [-0.1, -0.05) is 0 Å². The number of amides is 1. The molecule has 3 aromatic rings. The lowest BCUT2D eigenvalue weighted by molar-refractivity contribution is 0.0520. The molecule has 1 amide bonds. The molecule has 1 aromatic carbocycles. The van der Waals surface area contributed by atoms with Gasteiger partial charge in [0, 0.05) is 11.8 Å². The van der Waals surface area contributed by atoms with E-state index in [9.17, 15) is 9.59 Å². The minimum Gasteiger partial charge on any atom is -0.461 e. The number of aromatic nitrogens is 3. The van der Waals surface area contributed by atoms with Crippen LogP contribution in [0, 0.1) is 0 Å². The SMILES string of the molecule is CCOC(=O)c1cc(NC(=O)c2ccc3nc[nH]c3c2)c[nH]1. The van der Waals surface area contributed by atoms with Crippen molar-refractivity contribution in [2.75, 3.05) is 11.9 Å². The van der Waals surface area contributed by atoms with Gasteiger partial charge in [-0.15, -0.1) is 0 Å². The number of carbonyl (C=O) groups is 2. The van der Waals surface area contributed by atoms with Crippen LogP contribution in [0.1, 0.15) is 27.8 Å². The summed E-state index contributed by atoms with van der Waals surface area (Å²) in [6.45, 7) is 2.03. The Hall–Kier alpha value is -3.09. The van der Waals surface area contributed by atoms with Crippen molar-refractivity contribution in [3.05, 3.63) is 48.0 Å². The number of hydrogen-bond donors (Lipinski definition) is 3. The number of H-pyrrole nitrogens is 2. The topological polar surface area (TPSA) is 99.9 Å². The first kappa shape index (κ1) is 13.9. The van der Waals surface area contributed by atoms with Gasteiger partial charge in [-0.25, -0.2) is 9.78 Å². The molecular weight excluding hydrogens is 284 g/mol. The van der Waals surface area contributed by atoms with Crippen molar-refractivity contribution in [1.29, 1.82) is 0 Å². The maximum Gasteiger partial charge on any atom is 0.354 e. The zero-order valence-electron chi connectivity index (χ0n) is 11.8. The van der Waals surface area contributed by atoms with Gasteiger partial charge in [0.15, 0.2) is 0 Å². The number of hydrogen-bond acceptors (Lipinski definition) is 4. The highest BCUT2D eigenvalue weighted by Crippen LogP contribution is 2.15. The zero-order valence-corrected chi connectivity index (χ0v) is 11.8. The normalized spacial score (nSPS) is 10.6. The lowest BCUT2D eigenvalue weighted by atomic mass is 10.2. The fourth-order valence-corrected chi connectivity index (χ4v) is 2.07. The number of rotatable bonds is 4. The standard InChI is InChI=1S/C15H14N4O3/c1-2-22-15(21)13-6-10(7-16-13)19-14(20)9-3-4-11-12(5-9)18-8-17-11/h3-8,16H,2H2,1H3,(H,17,18)(H,19,20). The molecule has 0 atom stereocenters. The number of fused-ring (bicyclic) bond motifs is 1. The number of esters is 1. The van der Waals surface area contributed by atoms with E-state index in [1.54, 1.807) is 37.6 Å². The highest BCUT2D eigenvalue weighted by molar-refractivity contribution is 6.06. The van der Waals surface area contributed by atoms with E-state index in [1.807, 2.05) is 0 Å². The van der Waals surface area contributed by atoms with E-state index in [0.717, 1.165) is 11.0 Å². The number of imidazole rings is 1. The summed E-state index contributed by atoms with van der Waals surface area (Å²) >= 11 is 0. The largest absolute Gasteiger partial charge is 0.461 e. The first-order chi connectivity index (χ1) is 10.7. The average molecular weight is 298 g/mol. The number of anilines is 1. The van der Waals surface area contributed by atoms with Crippen molar-refractivity contribution in [3.63, 3.8) is 0 Å². The Morgan fingerprint density at radius 3 is 2.95 bits per heavy atom. The molecule has 0 bridgehead atoms. The maximum atomic E-state index is 12.2.